The van der Waals surface area contributed by atoms with Gasteiger partial charge in [-0.1, -0.05) is 133 Å². The minimum absolute atomic E-state index is 0.862. The largest absolute Gasteiger partial charge is 0.455 e. The van der Waals surface area contributed by atoms with E-state index in [1.807, 2.05) is 11.3 Å². The summed E-state index contributed by atoms with van der Waals surface area (Å²) < 4.78 is 12.0. The molecule has 0 aliphatic carbocycles. The van der Waals surface area contributed by atoms with Crippen molar-refractivity contribution in [2.45, 2.75) is 0 Å². The van der Waals surface area contributed by atoms with Gasteiger partial charge in [0.2, 0.25) is 0 Å². The van der Waals surface area contributed by atoms with Gasteiger partial charge < -0.3 is 13.9 Å². The zero-order chi connectivity index (χ0) is 38.2. The van der Waals surface area contributed by atoms with E-state index in [0.29, 0.717) is 0 Å². The summed E-state index contributed by atoms with van der Waals surface area (Å²) in [6.45, 7) is 0. The average Bonchev–Trinajstić information content (AvgIpc) is 3.97. The SMILES string of the molecule is c1ccc(-c2ccc3c(c2)oc2c(-c4ccccc4)ccc(N(c4ccc5c(c4)sc4ccccc45)c4ccc5c6ccccc6n(-c6ccccc6)c5c4)c23)cc1. The zero-order valence-electron chi connectivity index (χ0n) is 31.3. The van der Waals surface area contributed by atoms with Gasteiger partial charge in [0, 0.05) is 59.0 Å². The first kappa shape index (κ1) is 32.8. The van der Waals surface area contributed by atoms with Gasteiger partial charge in [0.25, 0.3) is 0 Å². The van der Waals surface area contributed by atoms with Gasteiger partial charge in [-0.25, -0.2) is 0 Å². The maximum atomic E-state index is 7.03. The molecule has 12 rings (SSSR count). The highest BCUT2D eigenvalue weighted by atomic mass is 32.1. The Morgan fingerprint density at radius 2 is 1.03 bits per heavy atom. The molecule has 0 aliphatic rings. The van der Waals surface area contributed by atoms with Gasteiger partial charge >= 0.3 is 0 Å². The molecule has 9 aromatic carbocycles. The van der Waals surface area contributed by atoms with E-state index in [1.54, 1.807) is 0 Å². The molecule has 0 amide bonds. The molecule has 3 aromatic heterocycles. The summed E-state index contributed by atoms with van der Waals surface area (Å²) in [5.41, 5.74) is 12.9. The van der Waals surface area contributed by atoms with Crippen LogP contribution in [0.2, 0.25) is 0 Å². The zero-order valence-corrected chi connectivity index (χ0v) is 32.2. The molecule has 0 spiro atoms. The number of benzene rings is 9. The lowest BCUT2D eigenvalue weighted by Crippen LogP contribution is -2.10. The van der Waals surface area contributed by atoms with Crippen LogP contribution >= 0.6 is 11.3 Å². The summed E-state index contributed by atoms with van der Waals surface area (Å²) in [6.07, 6.45) is 0. The molecule has 3 heterocycles. The highest BCUT2D eigenvalue weighted by molar-refractivity contribution is 7.25. The molecule has 4 heteroatoms. The van der Waals surface area contributed by atoms with Crippen LogP contribution in [0.1, 0.15) is 0 Å². The number of anilines is 3. The maximum Gasteiger partial charge on any atom is 0.145 e. The molecule has 12 aromatic rings. The minimum Gasteiger partial charge on any atom is -0.455 e. The van der Waals surface area contributed by atoms with Gasteiger partial charge in [-0.15, -0.1) is 11.3 Å². The summed E-state index contributed by atoms with van der Waals surface area (Å²) in [5, 5.41) is 7.17. The summed E-state index contributed by atoms with van der Waals surface area (Å²) in [5.74, 6) is 0. The Morgan fingerprint density at radius 1 is 0.414 bits per heavy atom. The third-order valence-corrected chi connectivity index (χ3v) is 12.7. The first-order valence-corrected chi connectivity index (χ1v) is 20.5. The van der Waals surface area contributed by atoms with Gasteiger partial charge in [0.15, 0.2) is 0 Å². The van der Waals surface area contributed by atoms with Gasteiger partial charge in [0.1, 0.15) is 11.2 Å². The summed E-state index contributed by atoms with van der Waals surface area (Å²) in [6, 6.07) is 74.3. The van der Waals surface area contributed by atoms with E-state index in [0.717, 1.165) is 72.5 Å². The van der Waals surface area contributed by atoms with Gasteiger partial charge in [0.05, 0.1) is 22.1 Å². The van der Waals surface area contributed by atoms with E-state index in [1.165, 1.54) is 36.5 Å². The van der Waals surface area contributed by atoms with Gasteiger partial charge in [-0.3, -0.25) is 0 Å². The molecule has 0 N–H and O–H groups in total. The van der Waals surface area contributed by atoms with E-state index in [9.17, 15) is 0 Å². The summed E-state index contributed by atoms with van der Waals surface area (Å²) in [7, 11) is 0. The van der Waals surface area contributed by atoms with Crippen molar-refractivity contribution in [2.75, 3.05) is 4.90 Å². The van der Waals surface area contributed by atoms with Crippen LogP contribution in [-0.2, 0) is 0 Å². The summed E-state index contributed by atoms with van der Waals surface area (Å²) in [4.78, 5) is 2.44. The monoisotopic (exact) mass is 758 g/mol. The third kappa shape index (κ3) is 5.12. The smallest absolute Gasteiger partial charge is 0.145 e. The number of thiophene rings is 1. The van der Waals surface area contributed by atoms with Crippen molar-refractivity contribution in [1.82, 2.24) is 4.57 Å². The second-order valence-electron chi connectivity index (χ2n) is 14.9. The first-order valence-electron chi connectivity index (χ1n) is 19.7. The van der Waals surface area contributed by atoms with Crippen LogP contribution in [-0.4, -0.2) is 4.57 Å². The number of fused-ring (bicyclic) bond motifs is 9. The Bertz CT molecular complexity index is 3510. The summed E-state index contributed by atoms with van der Waals surface area (Å²) >= 11 is 1.85. The van der Waals surface area contributed by atoms with Crippen molar-refractivity contribution in [3.63, 3.8) is 0 Å². The van der Waals surface area contributed by atoms with Crippen LogP contribution in [0, 0.1) is 0 Å². The van der Waals surface area contributed by atoms with Crippen LogP contribution in [0.5, 0.6) is 0 Å². The fourth-order valence-corrected chi connectivity index (χ4v) is 10.1. The van der Waals surface area contributed by atoms with E-state index in [2.05, 4.69) is 216 Å². The molecule has 0 bridgehead atoms. The average molecular weight is 759 g/mol. The minimum atomic E-state index is 0.862. The van der Waals surface area contributed by atoms with E-state index in [-0.39, 0.29) is 0 Å². The quantitative estimate of drug-likeness (QED) is 0.168. The number of hydrogen-bond acceptors (Lipinski definition) is 3. The van der Waals surface area contributed by atoms with E-state index >= 15 is 0 Å². The molecule has 3 nitrogen and oxygen atoms in total. The van der Waals surface area contributed by atoms with Gasteiger partial charge in [-0.05, 0) is 89.5 Å². The van der Waals surface area contributed by atoms with Crippen molar-refractivity contribution in [3.05, 3.63) is 206 Å². The maximum absolute atomic E-state index is 7.03. The van der Waals surface area contributed by atoms with Crippen LogP contribution in [0.4, 0.5) is 17.1 Å². The Kier molecular flexibility index (Phi) is 7.40. The van der Waals surface area contributed by atoms with Crippen LogP contribution in [0.3, 0.4) is 0 Å². The Morgan fingerprint density at radius 3 is 1.84 bits per heavy atom. The molecule has 0 saturated carbocycles. The lowest BCUT2D eigenvalue weighted by atomic mass is 9.98. The number of nitrogens with zero attached hydrogens (tertiary/aromatic N) is 2. The molecular formula is C54H34N2OS. The molecule has 0 saturated heterocycles. The first-order chi connectivity index (χ1) is 28.8. The molecule has 0 atom stereocenters. The highest BCUT2D eigenvalue weighted by Crippen LogP contribution is 2.49. The fourth-order valence-electron chi connectivity index (χ4n) is 8.94. The fraction of sp³-hybridized carbons (Fsp3) is 0. The Labute approximate surface area is 338 Å². The standard InChI is InChI=1S/C54H34N2OS/c1-4-14-35(15-5-1)37-24-27-46-50(32-37)57-54-41(36-16-6-2-7-17-36)30-31-48(53(46)54)55(40-26-29-45-44-21-11-13-23-51(44)58-52(45)34-40)39-25-28-43-42-20-10-12-22-47(42)56(49(43)33-39)38-18-8-3-9-19-38/h1-34H. The molecule has 0 radical (unpaired) electrons. The highest BCUT2D eigenvalue weighted by Gasteiger charge is 2.24. The van der Waals surface area contributed by atoms with Crippen molar-refractivity contribution >= 4 is 92.3 Å². The molecule has 58 heavy (non-hydrogen) atoms. The molecular weight excluding hydrogens is 725 g/mol. The van der Waals surface area contributed by atoms with E-state index < -0.39 is 0 Å². The Balaban J connectivity index is 1.17. The third-order valence-electron chi connectivity index (χ3n) is 11.6. The lowest BCUT2D eigenvalue weighted by Gasteiger charge is -2.27. The Hall–Kier alpha value is -7.40. The second-order valence-corrected chi connectivity index (χ2v) is 16.0. The number of rotatable bonds is 6. The predicted octanol–water partition coefficient (Wildman–Crippen LogP) is 15.9. The van der Waals surface area contributed by atoms with Crippen LogP contribution in [0.15, 0.2) is 211 Å². The molecule has 0 unspecified atom stereocenters. The van der Waals surface area contributed by atoms with E-state index in [4.69, 9.17) is 4.42 Å². The van der Waals surface area contributed by atoms with Crippen molar-refractivity contribution in [2.24, 2.45) is 0 Å². The molecule has 0 aliphatic heterocycles. The molecule has 272 valence electrons. The topological polar surface area (TPSA) is 21.3 Å². The number of aromatic nitrogens is 1. The second kappa shape index (κ2) is 13.1. The van der Waals surface area contributed by atoms with Crippen molar-refractivity contribution in [3.8, 4) is 27.9 Å². The molecule has 0 fully saturated rings. The van der Waals surface area contributed by atoms with Crippen LogP contribution in [0.25, 0.3) is 91.9 Å². The number of para-hydroxylation sites is 2. The number of hydrogen-bond donors (Lipinski definition) is 0. The van der Waals surface area contributed by atoms with Crippen LogP contribution < -0.4 is 4.90 Å². The van der Waals surface area contributed by atoms with Gasteiger partial charge in [-0.2, -0.15) is 0 Å². The predicted molar refractivity (Wildman–Crippen MR) is 247 cm³/mol. The van der Waals surface area contributed by atoms with Crippen molar-refractivity contribution in [1.29, 1.82) is 0 Å². The van der Waals surface area contributed by atoms with Crippen molar-refractivity contribution < 1.29 is 4.42 Å². The normalized spacial score (nSPS) is 11.8. The number of furan rings is 1. The lowest BCUT2D eigenvalue weighted by molar-refractivity contribution is 0.670.